The van der Waals surface area contributed by atoms with Crippen LogP contribution in [-0.4, -0.2) is 15.0 Å². The lowest BCUT2D eigenvalue weighted by Crippen LogP contribution is -1.85. The summed E-state index contributed by atoms with van der Waals surface area (Å²) in [5.74, 6) is 0.764. The summed E-state index contributed by atoms with van der Waals surface area (Å²) in [6.07, 6.45) is 1.87. The van der Waals surface area contributed by atoms with Gasteiger partial charge in [0.05, 0.1) is 22.1 Å². The number of hydrogen-bond acceptors (Lipinski definition) is 1. The van der Waals surface area contributed by atoms with E-state index >= 15 is 0 Å². The Kier molecular flexibility index (Phi) is 3.89. The molecular formula is C19H13Cl2N3. The van der Waals surface area contributed by atoms with Gasteiger partial charge in [0.15, 0.2) is 5.82 Å². The van der Waals surface area contributed by atoms with E-state index in [2.05, 4.69) is 9.97 Å². The number of benzene rings is 2. The Bertz CT molecular complexity index is 973. The van der Waals surface area contributed by atoms with E-state index in [1.165, 1.54) is 0 Å². The van der Waals surface area contributed by atoms with Crippen LogP contribution in [0.5, 0.6) is 0 Å². The molecule has 2 heterocycles. The summed E-state index contributed by atoms with van der Waals surface area (Å²) < 4.78 is 0. The predicted octanol–water partition coefficient (Wildman–Crippen LogP) is 6.05. The van der Waals surface area contributed by atoms with E-state index in [9.17, 15) is 0 Å². The molecule has 0 saturated heterocycles. The fourth-order valence-corrected chi connectivity index (χ4v) is 3.17. The van der Waals surface area contributed by atoms with Crippen LogP contribution < -0.4 is 0 Å². The van der Waals surface area contributed by atoms with E-state index < -0.39 is 0 Å². The van der Waals surface area contributed by atoms with Crippen LogP contribution in [0.1, 0.15) is 0 Å². The molecule has 0 amide bonds. The molecule has 0 atom stereocenters. The molecule has 0 unspecified atom stereocenters. The Morgan fingerprint density at radius 2 is 1.71 bits per heavy atom. The molecule has 0 radical (unpaired) electrons. The monoisotopic (exact) mass is 353 g/mol. The highest BCUT2D eigenvalue weighted by Crippen LogP contribution is 2.37. The third kappa shape index (κ3) is 2.73. The number of halogens is 2. The SMILES string of the molecule is Clc1ccc(-c2[nH]c(-c3ccc[nH]3)nc2-c2ccccc2)c(Cl)c1. The molecule has 24 heavy (non-hydrogen) atoms. The number of aromatic amines is 2. The van der Waals surface area contributed by atoms with Crippen molar-refractivity contribution in [3.8, 4) is 34.0 Å². The lowest BCUT2D eigenvalue weighted by atomic mass is 10.1. The van der Waals surface area contributed by atoms with E-state index in [4.69, 9.17) is 28.2 Å². The van der Waals surface area contributed by atoms with E-state index in [1.54, 1.807) is 6.07 Å². The summed E-state index contributed by atoms with van der Waals surface area (Å²) in [5, 5.41) is 1.19. The Hall–Kier alpha value is -2.49. The molecule has 2 aromatic carbocycles. The van der Waals surface area contributed by atoms with Crippen molar-refractivity contribution in [2.75, 3.05) is 0 Å². The fraction of sp³-hybridized carbons (Fsp3) is 0. The van der Waals surface area contributed by atoms with Crippen LogP contribution in [0.3, 0.4) is 0 Å². The Labute approximate surface area is 149 Å². The molecule has 2 N–H and O–H groups in total. The average Bonchev–Trinajstić information content (AvgIpc) is 3.25. The number of imidazole rings is 1. The summed E-state index contributed by atoms with van der Waals surface area (Å²) >= 11 is 12.4. The minimum absolute atomic E-state index is 0.585. The first-order chi connectivity index (χ1) is 11.7. The predicted molar refractivity (Wildman–Crippen MR) is 99.3 cm³/mol. The maximum atomic E-state index is 6.42. The van der Waals surface area contributed by atoms with Crippen molar-refractivity contribution >= 4 is 23.2 Å². The van der Waals surface area contributed by atoms with Crippen molar-refractivity contribution in [3.05, 3.63) is 76.9 Å². The molecule has 0 spiro atoms. The summed E-state index contributed by atoms with van der Waals surface area (Å²) in [5.41, 5.74) is 4.53. The number of aromatic nitrogens is 3. The van der Waals surface area contributed by atoms with Crippen LogP contribution in [0.4, 0.5) is 0 Å². The average molecular weight is 354 g/mol. The van der Waals surface area contributed by atoms with Gasteiger partial charge < -0.3 is 9.97 Å². The molecule has 0 aliphatic carbocycles. The van der Waals surface area contributed by atoms with Crippen molar-refractivity contribution in [2.45, 2.75) is 0 Å². The van der Waals surface area contributed by atoms with Crippen LogP contribution in [-0.2, 0) is 0 Å². The van der Waals surface area contributed by atoms with Gasteiger partial charge in [-0.15, -0.1) is 0 Å². The molecule has 4 rings (SSSR count). The Balaban J connectivity index is 1.94. The van der Waals surface area contributed by atoms with Gasteiger partial charge in [0.1, 0.15) is 0 Å². The quantitative estimate of drug-likeness (QED) is 0.462. The number of nitrogens with zero attached hydrogens (tertiary/aromatic N) is 1. The third-order valence-corrected chi connectivity index (χ3v) is 4.35. The Morgan fingerprint density at radius 1 is 0.875 bits per heavy atom. The second kappa shape index (κ2) is 6.19. The lowest BCUT2D eigenvalue weighted by molar-refractivity contribution is 1.26. The normalized spacial score (nSPS) is 10.9. The summed E-state index contributed by atoms with van der Waals surface area (Å²) in [6.45, 7) is 0. The number of nitrogens with one attached hydrogen (secondary N) is 2. The van der Waals surface area contributed by atoms with Gasteiger partial charge in [-0.1, -0.05) is 53.5 Å². The zero-order valence-corrected chi connectivity index (χ0v) is 14.1. The highest BCUT2D eigenvalue weighted by Gasteiger charge is 2.17. The van der Waals surface area contributed by atoms with E-state index in [0.717, 1.165) is 34.0 Å². The van der Waals surface area contributed by atoms with Gasteiger partial charge in [-0.3, -0.25) is 0 Å². The first-order valence-electron chi connectivity index (χ1n) is 7.47. The van der Waals surface area contributed by atoms with Gasteiger partial charge in [-0.25, -0.2) is 4.98 Å². The second-order valence-electron chi connectivity index (χ2n) is 5.38. The molecule has 0 fully saturated rings. The first-order valence-corrected chi connectivity index (χ1v) is 8.22. The zero-order chi connectivity index (χ0) is 16.5. The largest absolute Gasteiger partial charge is 0.359 e. The van der Waals surface area contributed by atoms with Crippen LogP contribution in [0.15, 0.2) is 66.9 Å². The van der Waals surface area contributed by atoms with Crippen LogP contribution >= 0.6 is 23.2 Å². The van der Waals surface area contributed by atoms with Gasteiger partial charge in [-0.05, 0) is 30.3 Å². The highest BCUT2D eigenvalue weighted by molar-refractivity contribution is 6.36. The molecule has 5 heteroatoms. The number of hydrogen-bond donors (Lipinski definition) is 2. The smallest absolute Gasteiger partial charge is 0.155 e. The maximum absolute atomic E-state index is 6.42. The van der Waals surface area contributed by atoms with Crippen LogP contribution in [0, 0.1) is 0 Å². The summed E-state index contributed by atoms with van der Waals surface area (Å²) in [7, 11) is 0. The van der Waals surface area contributed by atoms with E-state index in [1.807, 2.05) is 60.8 Å². The second-order valence-corrected chi connectivity index (χ2v) is 6.23. The molecule has 0 bridgehead atoms. The van der Waals surface area contributed by atoms with Crippen molar-refractivity contribution in [3.63, 3.8) is 0 Å². The minimum Gasteiger partial charge on any atom is -0.359 e. The van der Waals surface area contributed by atoms with Gasteiger partial charge in [0.25, 0.3) is 0 Å². The van der Waals surface area contributed by atoms with E-state index in [-0.39, 0.29) is 0 Å². The topological polar surface area (TPSA) is 44.5 Å². The number of H-pyrrole nitrogens is 2. The molecule has 3 nitrogen and oxygen atoms in total. The van der Waals surface area contributed by atoms with Gasteiger partial charge >= 0.3 is 0 Å². The maximum Gasteiger partial charge on any atom is 0.155 e. The standard InChI is InChI=1S/C19H13Cl2N3/c20-13-8-9-14(15(21)11-13)18-17(12-5-2-1-3-6-12)23-19(24-18)16-7-4-10-22-16/h1-11,22H,(H,23,24). The van der Waals surface area contributed by atoms with Crippen molar-refractivity contribution < 1.29 is 0 Å². The van der Waals surface area contributed by atoms with Gasteiger partial charge in [0.2, 0.25) is 0 Å². The molecule has 2 aromatic heterocycles. The molecule has 0 saturated carbocycles. The minimum atomic E-state index is 0.585. The molecular weight excluding hydrogens is 341 g/mol. The molecule has 0 aliphatic heterocycles. The van der Waals surface area contributed by atoms with Crippen LogP contribution in [0.25, 0.3) is 34.0 Å². The Morgan fingerprint density at radius 3 is 2.42 bits per heavy atom. The summed E-state index contributed by atoms with van der Waals surface area (Å²) in [6, 6.07) is 19.4. The molecule has 118 valence electrons. The van der Waals surface area contributed by atoms with E-state index in [0.29, 0.717) is 10.0 Å². The van der Waals surface area contributed by atoms with Crippen molar-refractivity contribution in [1.82, 2.24) is 15.0 Å². The lowest BCUT2D eigenvalue weighted by Gasteiger charge is -2.06. The number of rotatable bonds is 3. The van der Waals surface area contributed by atoms with Crippen molar-refractivity contribution in [2.24, 2.45) is 0 Å². The fourth-order valence-electron chi connectivity index (χ4n) is 2.67. The van der Waals surface area contributed by atoms with Gasteiger partial charge in [-0.2, -0.15) is 0 Å². The first kappa shape index (κ1) is 15.1. The summed E-state index contributed by atoms with van der Waals surface area (Å²) in [4.78, 5) is 11.3. The highest BCUT2D eigenvalue weighted by atomic mass is 35.5. The zero-order valence-electron chi connectivity index (χ0n) is 12.6. The van der Waals surface area contributed by atoms with Crippen molar-refractivity contribution in [1.29, 1.82) is 0 Å². The molecule has 4 aromatic rings. The third-order valence-electron chi connectivity index (χ3n) is 3.80. The van der Waals surface area contributed by atoms with Gasteiger partial charge in [0, 0.05) is 22.3 Å². The molecule has 0 aliphatic rings. The van der Waals surface area contributed by atoms with Crippen LogP contribution in [0.2, 0.25) is 10.0 Å².